The van der Waals surface area contributed by atoms with Crippen LogP contribution in [0.5, 0.6) is 0 Å². The van der Waals surface area contributed by atoms with E-state index in [-0.39, 0.29) is 12.3 Å². The third-order valence-electron chi connectivity index (χ3n) is 1.54. The normalized spacial score (nSPS) is 10.7. The second-order valence-corrected chi connectivity index (χ2v) is 2.52. The number of hydrogen-bond acceptors (Lipinski definition) is 4. The van der Waals surface area contributed by atoms with Gasteiger partial charge in [-0.15, -0.1) is 0 Å². The molecule has 3 N–H and O–H groups in total. The average molecular weight is 197 g/mol. The third-order valence-corrected chi connectivity index (χ3v) is 1.54. The monoisotopic (exact) mass is 197 g/mol. The number of hydrogen-bond donors (Lipinski definition) is 3. The second-order valence-electron chi connectivity index (χ2n) is 2.52. The Morgan fingerprint density at radius 3 is 3.07 bits per heavy atom. The highest BCUT2D eigenvalue weighted by Gasteiger charge is 2.06. The number of nitrogens with zero attached hydrogens (tertiary/aromatic N) is 2. The van der Waals surface area contributed by atoms with E-state index in [1.54, 1.807) is 18.3 Å². The summed E-state index contributed by atoms with van der Waals surface area (Å²) in [5.74, 6) is -0.644. The lowest BCUT2D eigenvalue weighted by molar-refractivity contribution is 0.0700. The van der Waals surface area contributed by atoms with Crippen LogP contribution in [0.3, 0.4) is 0 Å². The summed E-state index contributed by atoms with van der Waals surface area (Å²) in [5.41, 5.74) is 1.63. The quantitative estimate of drug-likeness (QED) is 0.346. The highest BCUT2D eigenvalue weighted by Crippen LogP contribution is 1.95. The maximum Gasteiger partial charge on any atom is 0.295 e. The fourth-order valence-corrected chi connectivity index (χ4v) is 0.899. The van der Waals surface area contributed by atoms with E-state index in [9.17, 15) is 4.79 Å². The molecule has 0 saturated carbocycles. The molecular formula is C8H11N3O3. The SMILES string of the molecule is O=C(NO)c1ccn(C/C=C\CO)n1. The van der Waals surface area contributed by atoms with E-state index in [0.29, 0.717) is 6.54 Å². The fraction of sp³-hybridized carbons (Fsp3) is 0.250. The van der Waals surface area contributed by atoms with Crippen molar-refractivity contribution in [3.05, 3.63) is 30.1 Å². The highest BCUT2D eigenvalue weighted by molar-refractivity contribution is 5.91. The van der Waals surface area contributed by atoms with Crippen LogP contribution in [0.1, 0.15) is 10.5 Å². The summed E-state index contributed by atoms with van der Waals surface area (Å²) in [6, 6.07) is 1.48. The Labute approximate surface area is 80.4 Å². The van der Waals surface area contributed by atoms with Crippen molar-refractivity contribution in [1.29, 1.82) is 0 Å². The van der Waals surface area contributed by atoms with Gasteiger partial charge in [-0.1, -0.05) is 12.2 Å². The second kappa shape index (κ2) is 5.15. The maximum absolute atomic E-state index is 10.9. The number of aliphatic hydroxyl groups excluding tert-OH is 1. The fourth-order valence-electron chi connectivity index (χ4n) is 0.899. The molecule has 76 valence electrons. The van der Waals surface area contributed by atoms with Gasteiger partial charge in [-0.3, -0.25) is 14.7 Å². The van der Waals surface area contributed by atoms with Crippen LogP contribution in [-0.2, 0) is 6.54 Å². The standard InChI is InChI=1S/C8H11N3O3/c12-6-2-1-4-11-5-3-7(9-11)8(13)10-14/h1-3,5,12,14H,4,6H2,(H,10,13)/b2-1-. The average Bonchev–Trinajstić information content (AvgIpc) is 2.66. The minimum Gasteiger partial charge on any atom is -0.392 e. The summed E-state index contributed by atoms with van der Waals surface area (Å²) in [4.78, 5) is 10.9. The van der Waals surface area contributed by atoms with Crippen molar-refractivity contribution >= 4 is 5.91 Å². The van der Waals surface area contributed by atoms with Crippen molar-refractivity contribution in [3.63, 3.8) is 0 Å². The molecule has 1 aromatic rings. The zero-order valence-corrected chi connectivity index (χ0v) is 7.42. The zero-order chi connectivity index (χ0) is 10.4. The summed E-state index contributed by atoms with van der Waals surface area (Å²) < 4.78 is 1.51. The summed E-state index contributed by atoms with van der Waals surface area (Å²) >= 11 is 0. The number of hydroxylamine groups is 1. The van der Waals surface area contributed by atoms with Gasteiger partial charge in [0, 0.05) is 6.20 Å². The first-order valence-electron chi connectivity index (χ1n) is 4.01. The summed E-state index contributed by atoms with van der Waals surface area (Å²) in [5, 5.41) is 20.6. The topological polar surface area (TPSA) is 87.4 Å². The van der Waals surface area contributed by atoms with Gasteiger partial charge in [-0.25, -0.2) is 5.48 Å². The van der Waals surface area contributed by atoms with Crippen molar-refractivity contribution in [3.8, 4) is 0 Å². The number of rotatable bonds is 4. The van der Waals surface area contributed by atoms with Gasteiger partial charge < -0.3 is 5.11 Å². The predicted octanol–water partition coefficient (Wildman–Crippen LogP) is -0.449. The van der Waals surface area contributed by atoms with Crippen LogP contribution >= 0.6 is 0 Å². The van der Waals surface area contributed by atoms with E-state index >= 15 is 0 Å². The number of aliphatic hydroxyl groups is 1. The molecule has 0 atom stereocenters. The zero-order valence-electron chi connectivity index (χ0n) is 7.42. The molecular weight excluding hydrogens is 186 g/mol. The van der Waals surface area contributed by atoms with E-state index in [1.165, 1.54) is 16.2 Å². The van der Waals surface area contributed by atoms with Crippen molar-refractivity contribution < 1.29 is 15.1 Å². The van der Waals surface area contributed by atoms with Crippen LogP contribution in [0, 0.1) is 0 Å². The van der Waals surface area contributed by atoms with Crippen molar-refractivity contribution in [2.75, 3.05) is 6.61 Å². The molecule has 0 aliphatic rings. The Kier molecular flexibility index (Phi) is 3.84. The Morgan fingerprint density at radius 1 is 1.64 bits per heavy atom. The van der Waals surface area contributed by atoms with Gasteiger partial charge in [0.15, 0.2) is 5.69 Å². The van der Waals surface area contributed by atoms with Gasteiger partial charge in [0.1, 0.15) is 0 Å². The van der Waals surface area contributed by atoms with E-state index in [0.717, 1.165) is 0 Å². The first kappa shape index (κ1) is 10.4. The Hall–Kier alpha value is -1.66. The van der Waals surface area contributed by atoms with Crippen LogP contribution in [-0.4, -0.2) is 32.6 Å². The molecule has 1 rings (SSSR count). The number of amides is 1. The Bertz CT molecular complexity index is 332. The van der Waals surface area contributed by atoms with Gasteiger partial charge in [0.25, 0.3) is 5.91 Å². The Morgan fingerprint density at radius 2 is 2.43 bits per heavy atom. The number of carbonyl (C=O) groups excluding carboxylic acids is 1. The summed E-state index contributed by atoms with van der Waals surface area (Å²) in [6.07, 6.45) is 4.90. The molecule has 0 spiro atoms. The van der Waals surface area contributed by atoms with Gasteiger partial charge in [0.05, 0.1) is 13.2 Å². The van der Waals surface area contributed by atoms with E-state index in [2.05, 4.69) is 5.10 Å². The molecule has 6 nitrogen and oxygen atoms in total. The first-order chi connectivity index (χ1) is 6.77. The molecule has 0 unspecified atom stereocenters. The minimum absolute atomic E-state index is 0.0226. The number of carbonyl (C=O) groups is 1. The van der Waals surface area contributed by atoms with E-state index in [4.69, 9.17) is 10.3 Å². The molecule has 0 bridgehead atoms. The number of allylic oxidation sites excluding steroid dienone is 1. The van der Waals surface area contributed by atoms with Gasteiger partial charge >= 0.3 is 0 Å². The van der Waals surface area contributed by atoms with Crippen LogP contribution in [0.15, 0.2) is 24.4 Å². The summed E-state index contributed by atoms with van der Waals surface area (Å²) in [6.45, 7) is 0.449. The largest absolute Gasteiger partial charge is 0.392 e. The first-order valence-corrected chi connectivity index (χ1v) is 4.01. The molecule has 0 aliphatic carbocycles. The third kappa shape index (κ3) is 2.68. The van der Waals surface area contributed by atoms with Crippen molar-refractivity contribution in [1.82, 2.24) is 15.3 Å². The van der Waals surface area contributed by atoms with Crippen LogP contribution in [0.2, 0.25) is 0 Å². The number of aromatic nitrogens is 2. The molecule has 6 heteroatoms. The van der Waals surface area contributed by atoms with Crippen LogP contribution in [0.25, 0.3) is 0 Å². The van der Waals surface area contributed by atoms with E-state index in [1.807, 2.05) is 0 Å². The molecule has 0 fully saturated rings. The van der Waals surface area contributed by atoms with Crippen molar-refractivity contribution in [2.45, 2.75) is 6.54 Å². The maximum atomic E-state index is 10.9. The van der Waals surface area contributed by atoms with Crippen LogP contribution < -0.4 is 5.48 Å². The molecule has 0 aliphatic heterocycles. The molecule has 1 aromatic heterocycles. The lowest BCUT2D eigenvalue weighted by Crippen LogP contribution is -2.19. The molecule has 1 heterocycles. The molecule has 0 aromatic carbocycles. The molecule has 1 amide bonds. The lowest BCUT2D eigenvalue weighted by Gasteiger charge is -1.94. The summed E-state index contributed by atoms with van der Waals surface area (Å²) in [7, 11) is 0. The van der Waals surface area contributed by atoms with Crippen molar-refractivity contribution in [2.24, 2.45) is 0 Å². The molecule has 0 radical (unpaired) electrons. The smallest absolute Gasteiger partial charge is 0.295 e. The van der Waals surface area contributed by atoms with Gasteiger partial charge in [-0.05, 0) is 6.07 Å². The number of nitrogens with one attached hydrogen (secondary N) is 1. The minimum atomic E-state index is -0.644. The highest BCUT2D eigenvalue weighted by atomic mass is 16.5. The van der Waals surface area contributed by atoms with Gasteiger partial charge in [0.2, 0.25) is 0 Å². The van der Waals surface area contributed by atoms with Crippen LogP contribution in [0.4, 0.5) is 0 Å². The molecule has 0 saturated heterocycles. The Balaban J connectivity index is 2.59. The predicted molar refractivity (Wildman–Crippen MR) is 47.7 cm³/mol. The van der Waals surface area contributed by atoms with Gasteiger partial charge in [-0.2, -0.15) is 5.10 Å². The lowest BCUT2D eigenvalue weighted by atomic mass is 10.4. The molecule has 14 heavy (non-hydrogen) atoms. The van der Waals surface area contributed by atoms with E-state index < -0.39 is 5.91 Å².